The first-order chi connectivity index (χ1) is 12.9. The van der Waals surface area contributed by atoms with Crippen molar-refractivity contribution in [2.75, 3.05) is 5.32 Å². The average Bonchev–Trinajstić information content (AvgIpc) is 3.30. The van der Waals surface area contributed by atoms with Gasteiger partial charge < -0.3 is 5.32 Å². The van der Waals surface area contributed by atoms with Crippen molar-refractivity contribution >= 4 is 17.0 Å². The molecule has 4 rings (SSSR count). The lowest BCUT2D eigenvalue weighted by atomic mass is 10.1. The molecule has 0 aliphatic heterocycles. The maximum Gasteiger partial charge on any atom is 0.263 e. The monoisotopic (exact) mass is 364 g/mol. The normalized spacial score (nSPS) is 11.8. The van der Waals surface area contributed by atoms with E-state index in [2.05, 4.69) is 30.4 Å². The Hall–Kier alpha value is -3.49. The van der Waals surface area contributed by atoms with Gasteiger partial charge in [0.1, 0.15) is 17.5 Å². The zero-order valence-corrected chi connectivity index (χ0v) is 15.3. The number of hydrogen-bond donors (Lipinski definition) is 2. The molecule has 27 heavy (non-hydrogen) atoms. The third kappa shape index (κ3) is 3.31. The van der Waals surface area contributed by atoms with Crippen LogP contribution in [0.2, 0.25) is 0 Å². The Morgan fingerprint density at radius 1 is 1.22 bits per heavy atom. The van der Waals surface area contributed by atoms with Crippen LogP contribution in [0, 0.1) is 0 Å². The predicted molar refractivity (Wildman–Crippen MR) is 102 cm³/mol. The lowest BCUT2D eigenvalue weighted by molar-refractivity contribution is 0.366. The number of anilines is 1. The van der Waals surface area contributed by atoms with E-state index in [9.17, 15) is 4.79 Å². The molecule has 0 saturated heterocycles. The molecular formula is C18H20N8O. The highest BCUT2D eigenvalue weighted by atomic mass is 16.1. The van der Waals surface area contributed by atoms with Gasteiger partial charge in [-0.15, -0.1) is 0 Å². The van der Waals surface area contributed by atoms with Crippen LogP contribution in [0.4, 0.5) is 5.95 Å². The zero-order valence-electron chi connectivity index (χ0n) is 15.3. The summed E-state index contributed by atoms with van der Waals surface area (Å²) >= 11 is 0. The van der Waals surface area contributed by atoms with Crippen LogP contribution in [0.3, 0.4) is 0 Å². The van der Waals surface area contributed by atoms with Crippen LogP contribution in [0.5, 0.6) is 0 Å². The molecule has 0 atom stereocenters. The minimum atomic E-state index is -0.271. The number of nitrogens with zero attached hydrogens (tertiary/aromatic N) is 6. The fourth-order valence-corrected chi connectivity index (χ4v) is 2.75. The van der Waals surface area contributed by atoms with Crippen LogP contribution in [-0.2, 0) is 12.1 Å². The SMILES string of the molecule is CC(C)(C)n1ncc2c(=O)[nH]c(NCc3ccc(-n4ccnc4)nc3)nc21. The summed E-state index contributed by atoms with van der Waals surface area (Å²) in [7, 11) is 0. The molecule has 2 N–H and O–H groups in total. The van der Waals surface area contributed by atoms with Crippen LogP contribution in [0.25, 0.3) is 16.9 Å². The van der Waals surface area contributed by atoms with Crippen molar-refractivity contribution < 1.29 is 0 Å². The Kier molecular flexibility index (Phi) is 3.98. The third-order valence-electron chi connectivity index (χ3n) is 4.11. The maximum atomic E-state index is 12.3. The summed E-state index contributed by atoms with van der Waals surface area (Å²) in [6.45, 7) is 6.53. The number of H-pyrrole nitrogens is 1. The van der Waals surface area contributed by atoms with E-state index in [1.807, 2.05) is 43.7 Å². The number of aromatic amines is 1. The molecule has 0 fully saturated rings. The molecule has 9 heteroatoms. The van der Waals surface area contributed by atoms with Gasteiger partial charge in [-0.25, -0.2) is 14.6 Å². The third-order valence-corrected chi connectivity index (χ3v) is 4.11. The van der Waals surface area contributed by atoms with Crippen molar-refractivity contribution in [3.63, 3.8) is 0 Å². The predicted octanol–water partition coefficient (Wildman–Crippen LogP) is 2.07. The molecular weight excluding hydrogens is 344 g/mol. The summed E-state index contributed by atoms with van der Waals surface area (Å²) in [5.74, 6) is 1.19. The van der Waals surface area contributed by atoms with Gasteiger partial charge in [0.05, 0.1) is 11.7 Å². The molecule has 0 spiro atoms. The first kappa shape index (κ1) is 17.0. The lowest BCUT2D eigenvalue weighted by Crippen LogP contribution is -2.24. The molecule has 0 aliphatic carbocycles. The summed E-state index contributed by atoms with van der Waals surface area (Å²) in [6, 6.07) is 3.87. The molecule has 0 bridgehead atoms. The number of pyridine rings is 1. The van der Waals surface area contributed by atoms with E-state index in [1.165, 1.54) is 0 Å². The number of nitrogens with one attached hydrogen (secondary N) is 2. The van der Waals surface area contributed by atoms with E-state index in [4.69, 9.17) is 0 Å². The van der Waals surface area contributed by atoms with Gasteiger partial charge in [-0.3, -0.25) is 14.3 Å². The molecule has 0 aromatic carbocycles. The molecule has 138 valence electrons. The van der Waals surface area contributed by atoms with Crippen LogP contribution in [0.1, 0.15) is 26.3 Å². The van der Waals surface area contributed by atoms with Crippen molar-refractivity contribution in [2.45, 2.75) is 32.9 Å². The largest absolute Gasteiger partial charge is 0.352 e. The topological polar surface area (TPSA) is 106 Å². The quantitative estimate of drug-likeness (QED) is 0.574. The summed E-state index contributed by atoms with van der Waals surface area (Å²) < 4.78 is 3.59. The Morgan fingerprint density at radius 2 is 2.07 bits per heavy atom. The van der Waals surface area contributed by atoms with Crippen LogP contribution < -0.4 is 10.9 Å². The maximum absolute atomic E-state index is 12.3. The minimum absolute atomic E-state index is 0.216. The van der Waals surface area contributed by atoms with Crippen LogP contribution in [-0.4, -0.2) is 34.3 Å². The molecule has 4 aromatic rings. The molecule has 4 heterocycles. The smallest absolute Gasteiger partial charge is 0.263 e. The van der Waals surface area contributed by atoms with E-state index >= 15 is 0 Å². The van der Waals surface area contributed by atoms with Gasteiger partial charge in [-0.05, 0) is 32.4 Å². The van der Waals surface area contributed by atoms with E-state index < -0.39 is 0 Å². The summed E-state index contributed by atoms with van der Waals surface area (Å²) in [6.07, 6.45) is 8.57. The van der Waals surface area contributed by atoms with Gasteiger partial charge in [0.2, 0.25) is 5.95 Å². The number of rotatable bonds is 4. The average molecular weight is 364 g/mol. The van der Waals surface area contributed by atoms with E-state index in [-0.39, 0.29) is 11.1 Å². The second-order valence-corrected chi connectivity index (χ2v) is 7.23. The van der Waals surface area contributed by atoms with Gasteiger partial charge in [-0.1, -0.05) is 6.07 Å². The first-order valence-electron chi connectivity index (χ1n) is 8.57. The Morgan fingerprint density at radius 3 is 2.74 bits per heavy atom. The van der Waals surface area contributed by atoms with E-state index in [0.29, 0.717) is 23.5 Å². The van der Waals surface area contributed by atoms with Crippen molar-refractivity contribution in [3.05, 3.63) is 59.2 Å². The molecule has 0 unspecified atom stereocenters. The van der Waals surface area contributed by atoms with Gasteiger partial charge in [-0.2, -0.15) is 10.1 Å². The molecule has 0 amide bonds. The molecule has 0 saturated carbocycles. The first-order valence-corrected chi connectivity index (χ1v) is 8.57. The number of aromatic nitrogens is 7. The molecule has 4 aromatic heterocycles. The summed E-state index contributed by atoms with van der Waals surface area (Å²) in [5, 5.41) is 7.93. The molecule has 0 radical (unpaired) electrons. The van der Waals surface area contributed by atoms with E-state index in [0.717, 1.165) is 11.4 Å². The van der Waals surface area contributed by atoms with Crippen LogP contribution >= 0.6 is 0 Å². The lowest BCUT2D eigenvalue weighted by Gasteiger charge is -2.19. The summed E-state index contributed by atoms with van der Waals surface area (Å²) in [5.41, 5.74) is 1.03. The number of imidazole rings is 1. The van der Waals surface area contributed by atoms with Crippen molar-refractivity contribution in [3.8, 4) is 5.82 Å². The van der Waals surface area contributed by atoms with E-state index in [1.54, 1.807) is 29.6 Å². The highest BCUT2D eigenvalue weighted by molar-refractivity contribution is 5.74. The Bertz CT molecular complexity index is 1120. The molecule has 9 nitrogen and oxygen atoms in total. The highest BCUT2D eigenvalue weighted by Gasteiger charge is 2.19. The fourth-order valence-electron chi connectivity index (χ4n) is 2.75. The standard InChI is InChI=1S/C18H20N8O/c1-18(2,3)26-15-13(10-22-26)16(27)24-17(23-15)21-9-12-4-5-14(20-8-12)25-7-6-19-11-25/h4-8,10-11H,9H2,1-3H3,(H2,21,23,24,27). The number of fused-ring (bicyclic) bond motifs is 1. The zero-order chi connectivity index (χ0) is 19.0. The van der Waals surface area contributed by atoms with Gasteiger partial charge in [0, 0.05) is 25.1 Å². The fraction of sp³-hybridized carbons (Fsp3) is 0.278. The second kappa shape index (κ2) is 6.35. The molecule has 0 aliphatic rings. The Balaban J connectivity index is 1.56. The van der Waals surface area contributed by atoms with Crippen molar-refractivity contribution in [1.82, 2.24) is 34.3 Å². The van der Waals surface area contributed by atoms with Crippen LogP contribution in [0.15, 0.2) is 48.0 Å². The van der Waals surface area contributed by atoms with Gasteiger partial charge >= 0.3 is 0 Å². The summed E-state index contributed by atoms with van der Waals surface area (Å²) in [4.78, 5) is 28.0. The highest BCUT2D eigenvalue weighted by Crippen LogP contribution is 2.18. The van der Waals surface area contributed by atoms with Gasteiger partial charge in [0.15, 0.2) is 5.65 Å². The van der Waals surface area contributed by atoms with Crippen molar-refractivity contribution in [1.29, 1.82) is 0 Å². The van der Waals surface area contributed by atoms with Crippen molar-refractivity contribution in [2.24, 2.45) is 0 Å². The second-order valence-electron chi connectivity index (χ2n) is 7.23. The Labute approximate surface area is 155 Å². The minimum Gasteiger partial charge on any atom is -0.352 e. The number of hydrogen-bond acceptors (Lipinski definition) is 6. The van der Waals surface area contributed by atoms with Gasteiger partial charge in [0.25, 0.3) is 5.56 Å².